The minimum atomic E-state index is -0.740. The molecular weight excluding hydrogens is 430 g/mol. The molecular formula is C28H29NO5. The number of ketones is 1. The highest BCUT2D eigenvalue weighted by Crippen LogP contribution is 2.41. The van der Waals surface area contributed by atoms with Crippen LogP contribution < -0.4 is 4.74 Å². The third kappa shape index (κ3) is 4.36. The highest BCUT2D eigenvalue weighted by molar-refractivity contribution is 6.46. The van der Waals surface area contributed by atoms with Crippen molar-refractivity contribution in [2.24, 2.45) is 0 Å². The van der Waals surface area contributed by atoms with E-state index >= 15 is 0 Å². The molecule has 3 aromatic rings. The van der Waals surface area contributed by atoms with E-state index in [9.17, 15) is 14.7 Å². The normalized spacial score (nSPS) is 17.9. The molecule has 6 nitrogen and oxygen atoms in total. The average Bonchev–Trinajstić information content (AvgIpc) is 3.41. The lowest BCUT2D eigenvalue weighted by atomic mass is 9.84. The zero-order valence-electron chi connectivity index (χ0n) is 19.9. The summed E-state index contributed by atoms with van der Waals surface area (Å²) in [5.74, 6) is -0.316. The molecule has 1 unspecified atom stereocenters. The minimum absolute atomic E-state index is 0.0618. The maximum absolute atomic E-state index is 13.2. The Bertz CT molecular complexity index is 1220. The van der Waals surface area contributed by atoms with Gasteiger partial charge in [-0.3, -0.25) is 9.59 Å². The summed E-state index contributed by atoms with van der Waals surface area (Å²) in [5, 5.41) is 11.4. The number of benzene rings is 2. The molecule has 34 heavy (non-hydrogen) atoms. The quantitative estimate of drug-likeness (QED) is 0.295. The summed E-state index contributed by atoms with van der Waals surface area (Å²) >= 11 is 0. The van der Waals surface area contributed by atoms with E-state index in [4.69, 9.17) is 9.15 Å². The third-order valence-corrected chi connectivity index (χ3v) is 5.92. The van der Waals surface area contributed by atoms with Crippen molar-refractivity contribution in [3.8, 4) is 5.75 Å². The number of carbonyl (C=O) groups excluding carboxylic acids is 2. The Labute approximate surface area is 199 Å². The van der Waals surface area contributed by atoms with Gasteiger partial charge in [0.15, 0.2) is 0 Å². The summed E-state index contributed by atoms with van der Waals surface area (Å²) < 4.78 is 11.2. The second-order valence-electron chi connectivity index (χ2n) is 9.31. The number of carbonyl (C=O) groups is 2. The lowest BCUT2D eigenvalue weighted by Crippen LogP contribution is -2.29. The Hall–Kier alpha value is -3.80. The molecule has 1 atom stereocenters. The number of aliphatic hydroxyl groups is 1. The molecule has 2 heterocycles. The van der Waals surface area contributed by atoms with Crippen LogP contribution in [-0.2, 0) is 21.5 Å². The number of Topliss-reactive ketones (excluding diaryl/α,β-unsaturated/α-hetero) is 1. The second kappa shape index (κ2) is 9.21. The van der Waals surface area contributed by atoms with Crippen LogP contribution >= 0.6 is 0 Å². The summed E-state index contributed by atoms with van der Waals surface area (Å²) in [7, 11) is 0. The van der Waals surface area contributed by atoms with Crippen LogP contribution in [0, 0.1) is 0 Å². The van der Waals surface area contributed by atoms with Crippen LogP contribution in [-0.4, -0.2) is 28.3 Å². The number of hydrogen-bond donors (Lipinski definition) is 1. The first-order valence-electron chi connectivity index (χ1n) is 11.4. The lowest BCUT2D eigenvalue weighted by Gasteiger charge is -2.25. The van der Waals surface area contributed by atoms with E-state index in [2.05, 4.69) is 20.8 Å². The van der Waals surface area contributed by atoms with Crippen LogP contribution in [0.1, 0.15) is 56.2 Å². The van der Waals surface area contributed by atoms with Crippen LogP contribution in [0.2, 0.25) is 0 Å². The Morgan fingerprint density at radius 1 is 1.06 bits per heavy atom. The van der Waals surface area contributed by atoms with Crippen LogP contribution in [0.5, 0.6) is 5.75 Å². The van der Waals surface area contributed by atoms with Crippen molar-refractivity contribution in [2.75, 3.05) is 6.61 Å². The lowest BCUT2D eigenvalue weighted by molar-refractivity contribution is -0.140. The Morgan fingerprint density at radius 2 is 1.79 bits per heavy atom. The molecule has 0 spiro atoms. The summed E-state index contributed by atoms with van der Waals surface area (Å²) in [6.07, 6.45) is 1.53. The minimum Gasteiger partial charge on any atom is -0.507 e. The third-order valence-electron chi connectivity index (χ3n) is 5.92. The molecule has 1 amide bonds. The van der Waals surface area contributed by atoms with Gasteiger partial charge >= 0.3 is 0 Å². The number of nitrogens with zero attached hydrogens (tertiary/aromatic N) is 1. The summed E-state index contributed by atoms with van der Waals surface area (Å²) in [4.78, 5) is 27.8. The number of ether oxygens (including phenoxy) is 1. The van der Waals surface area contributed by atoms with Gasteiger partial charge in [-0.2, -0.15) is 0 Å². The van der Waals surface area contributed by atoms with Gasteiger partial charge in [0, 0.05) is 11.1 Å². The van der Waals surface area contributed by atoms with Gasteiger partial charge < -0.3 is 19.2 Å². The molecule has 1 fully saturated rings. The first-order valence-corrected chi connectivity index (χ1v) is 11.4. The van der Waals surface area contributed by atoms with Crippen LogP contribution in [0.3, 0.4) is 0 Å². The molecule has 1 aliphatic heterocycles. The molecule has 1 N–H and O–H groups in total. The fourth-order valence-electron chi connectivity index (χ4n) is 4.30. The maximum Gasteiger partial charge on any atom is 0.296 e. The fraction of sp³-hybridized carbons (Fsp3) is 0.286. The van der Waals surface area contributed by atoms with Crippen molar-refractivity contribution in [2.45, 2.75) is 45.7 Å². The Morgan fingerprint density at radius 3 is 2.41 bits per heavy atom. The topological polar surface area (TPSA) is 80.0 Å². The highest BCUT2D eigenvalue weighted by Gasteiger charge is 2.46. The predicted molar refractivity (Wildman–Crippen MR) is 129 cm³/mol. The molecule has 1 aliphatic rings. The van der Waals surface area contributed by atoms with Crippen molar-refractivity contribution < 1.29 is 23.8 Å². The number of likely N-dealkylation sites (tertiary alicyclic amines) is 1. The van der Waals surface area contributed by atoms with Crippen LogP contribution in [0.25, 0.3) is 5.76 Å². The molecule has 6 heteroatoms. The first kappa shape index (κ1) is 23.4. The monoisotopic (exact) mass is 459 g/mol. The molecule has 4 rings (SSSR count). The predicted octanol–water partition coefficient (Wildman–Crippen LogP) is 5.60. The Kier molecular flexibility index (Phi) is 6.33. The van der Waals surface area contributed by atoms with E-state index in [1.165, 1.54) is 11.2 Å². The SMILES string of the molecule is CCOc1ccc(/C(O)=C2/C(=O)C(=O)N(Cc3ccco3)C2c2ccccc2)cc1C(C)(C)C. The van der Waals surface area contributed by atoms with E-state index in [1.807, 2.05) is 43.3 Å². The van der Waals surface area contributed by atoms with Crippen molar-refractivity contribution in [3.05, 3.63) is 95.0 Å². The molecule has 0 radical (unpaired) electrons. The standard InChI is InChI=1S/C28H29NO5/c1-5-33-22-14-13-19(16-21(22)28(2,3)4)25(30)23-24(18-10-7-6-8-11-18)29(27(32)26(23)31)17-20-12-9-15-34-20/h6-16,24,30H,5,17H2,1-4H3/b25-23-. The molecule has 0 bridgehead atoms. The van der Waals surface area contributed by atoms with Gasteiger partial charge in [0.05, 0.1) is 31.0 Å². The molecule has 176 valence electrons. The van der Waals surface area contributed by atoms with E-state index in [0.717, 1.165) is 16.9 Å². The molecule has 0 saturated carbocycles. The highest BCUT2D eigenvalue weighted by atomic mass is 16.5. The summed E-state index contributed by atoms with van der Waals surface area (Å²) in [6.45, 7) is 8.72. The second-order valence-corrected chi connectivity index (χ2v) is 9.31. The molecule has 1 saturated heterocycles. The Balaban J connectivity index is 1.87. The average molecular weight is 460 g/mol. The van der Waals surface area contributed by atoms with Gasteiger partial charge in [-0.1, -0.05) is 51.1 Å². The van der Waals surface area contributed by atoms with Gasteiger partial charge in [-0.15, -0.1) is 0 Å². The van der Waals surface area contributed by atoms with Crippen molar-refractivity contribution >= 4 is 17.4 Å². The van der Waals surface area contributed by atoms with Gasteiger partial charge in [0.25, 0.3) is 11.7 Å². The van der Waals surface area contributed by atoms with Gasteiger partial charge in [-0.05, 0) is 48.2 Å². The van der Waals surface area contributed by atoms with E-state index in [0.29, 0.717) is 17.9 Å². The van der Waals surface area contributed by atoms with Gasteiger partial charge in [0.1, 0.15) is 17.3 Å². The van der Waals surface area contributed by atoms with E-state index in [-0.39, 0.29) is 23.3 Å². The first-order chi connectivity index (χ1) is 16.2. The van der Waals surface area contributed by atoms with Crippen molar-refractivity contribution in [3.63, 3.8) is 0 Å². The van der Waals surface area contributed by atoms with Gasteiger partial charge in [0.2, 0.25) is 0 Å². The largest absolute Gasteiger partial charge is 0.507 e. The molecule has 0 aliphatic carbocycles. The van der Waals surface area contributed by atoms with Crippen molar-refractivity contribution in [1.82, 2.24) is 4.90 Å². The number of aliphatic hydroxyl groups excluding tert-OH is 1. The van der Waals surface area contributed by atoms with Crippen LogP contribution in [0.4, 0.5) is 0 Å². The smallest absolute Gasteiger partial charge is 0.296 e. The zero-order valence-corrected chi connectivity index (χ0v) is 19.9. The van der Waals surface area contributed by atoms with Gasteiger partial charge in [-0.25, -0.2) is 0 Å². The zero-order chi connectivity index (χ0) is 24.5. The van der Waals surface area contributed by atoms with Crippen molar-refractivity contribution in [1.29, 1.82) is 0 Å². The summed E-state index contributed by atoms with van der Waals surface area (Å²) in [5.41, 5.74) is 1.90. The number of hydrogen-bond acceptors (Lipinski definition) is 5. The fourth-order valence-corrected chi connectivity index (χ4v) is 4.30. The number of rotatable bonds is 6. The molecule has 1 aromatic heterocycles. The maximum atomic E-state index is 13.2. The van der Waals surface area contributed by atoms with E-state index in [1.54, 1.807) is 24.3 Å². The molecule has 2 aromatic carbocycles. The number of furan rings is 1. The summed E-state index contributed by atoms with van der Waals surface area (Å²) in [6, 6.07) is 17.3. The van der Waals surface area contributed by atoms with E-state index < -0.39 is 17.7 Å². The van der Waals surface area contributed by atoms with Crippen LogP contribution in [0.15, 0.2) is 76.9 Å². The number of amides is 1.